The van der Waals surface area contributed by atoms with E-state index in [1.54, 1.807) is 31.2 Å². The Morgan fingerprint density at radius 2 is 1.76 bits per heavy atom. The maximum absolute atomic E-state index is 13.6. The van der Waals surface area contributed by atoms with Gasteiger partial charge in [0.2, 0.25) is 15.9 Å². The highest BCUT2D eigenvalue weighted by Crippen LogP contribution is 2.29. The highest BCUT2D eigenvalue weighted by Gasteiger charge is 2.29. The van der Waals surface area contributed by atoms with Crippen molar-refractivity contribution in [3.8, 4) is 5.75 Å². The summed E-state index contributed by atoms with van der Waals surface area (Å²) in [5, 5.41) is 3.34. The minimum absolute atomic E-state index is 0.00616. The lowest BCUT2D eigenvalue weighted by atomic mass is 10.1. The largest absolute Gasteiger partial charge is 0.495 e. The molecule has 0 unspecified atom stereocenters. The van der Waals surface area contributed by atoms with Gasteiger partial charge in [-0.05, 0) is 54.8 Å². The second-order valence-corrected chi connectivity index (χ2v) is 10.2. The Hall–Kier alpha value is -2.58. The fraction of sp³-hybridized carbons (Fsp3) is 0.208. The molecular weight excluding hydrogens is 483 g/mol. The van der Waals surface area contributed by atoms with Crippen LogP contribution < -0.4 is 10.1 Å². The monoisotopic (exact) mass is 506 g/mol. The lowest BCUT2D eigenvalue weighted by Gasteiger charge is -2.23. The fourth-order valence-corrected chi connectivity index (χ4v) is 5.22. The number of ether oxygens (including phenoxy) is 1. The number of aryl methyl sites for hydroxylation is 1. The van der Waals surface area contributed by atoms with Gasteiger partial charge in [-0.25, -0.2) is 8.42 Å². The highest BCUT2D eigenvalue weighted by atomic mass is 35.5. The Labute approximate surface area is 204 Å². The molecule has 33 heavy (non-hydrogen) atoms. The van der Waals surface area contributed by atoms with Crippen LogP contribution in [0.4, 0.5) is 5.69 Å². The van der Waals surface area contributed by atoms with Gasteiger partial charge in [-0.15, -0.1) is 0 Å². The van der Waals surface area contributed by atoms with Crippen LogP contribution in [0.1, 0.15) is 11.1 Å². The standard InChI is InChI=1S/C24H24Cl2N2O4S/c1-17-8-11-22(32-2)23(14-17)33(30,31)28(13-12-18-6-4-3-5-7-18)16-24(29)27-21-15-19(25)9-10-20(21)26/h3-11,14-15H,12-13,16H2,1-2H3,(H,27,29). The van der Waals surface area contributed by atoms with E-state index in [0.717, 1.165) is 15.4 Å². The predicted molar refractivity (Wildman–Crippen MR) is 132 cm³/mol. The van der Waals surface area contributed by atoms with Gasteiger partial charge in [0.15, 0.2) is 0 Å². The molecule has 9 heteroatoms. The summed E-state index contributed by atoms with van der Waals surface area (Å²) in [6.07, 6.45) is 0.430. The van der Waals surface area contributed by atoms with E-state index in [1.807, 2.05) is 30.3 Å². The molecule has 0 fully saturated rings. The Morgan fingerprint density at radius 1 is 1.03 bits per heavy atom. The first-order valence-corrected chi connectivity index (χ1v) is 12.3. The summed E-state index contributed by atoms with van der Waals surface area (Å²) >= 11 is 12.1. The van der Waals surface area contributed by atoms with Crippen molar-refractivity contribution in [1.82, 2.24) is 4.31 Å². The van der Waals surface area contributed by atoms with Crippen molar-refractivity contribution in [3.05, 3.63) is 87.9 Å². The zero-order valence-corrected chi connectivity index (χ0v) is 20.5. The van der Waals surface area contributed by atoms with Gasteiger partial charge in [0.1, 0.15) is 10.6 Å². The molecule has 0 aliphatic heterocycles. The second-order valence-electron chi connectivity index (χ2n) is 7.40. The van der Waals surface area contributed by atoms with Gasteiger partial charge in [0.25, 0.3) is 0 Å². The third kappa shape index (κ3) is 6.48. The first-order chi connectivity index (χ1) is 15.7. The molecule has 0 aromatic heterocycles. The van der Waals surface area contributed by atoms with E-state index in [9.17, 15) is 13.2 Å². The summed E-state index contributed by atoms with van der Waals surface area (Å²) in [5.41, 5.74) is 2.02. The third-order valence-electron chi connectivity index (χ3n) is 4.95. The Morgan fingerprint density at radius 3 is 2.45 bits per heavy atom. The van der Waals surface area contributed by atoms with Crippen LogP contribution in [-0.2, 0) is 21.2 Å². The van der Waals surface area contributed by atoms with Gasteiger partial charge < -0.3 is 10.1 Å². The van der Waals surface area contributed by atoms with Gasteiger partial charge in [-0.3, -0.25) is 4.79 Å². The van der Waals surface area contributed by atoms with Gasteiger partial charge in [-0.1, -0.05) is 59.6 Å². The van der Waals surface area contributed by atoms with E-state index < -0.39 is 22.5 Å². The number of rotatable bonds is 9. The topological polar surface area (TPSA) is 75.7 Å². The van der Waals surface area contributed by atoms with Gasteiger partial charge in [-0.2, -0.15) is 4.31 Å². The number of anilines is 1. The van der Waals surface area contributed by atoms with Gasteiger partial charge in [0, 0.05) is 11.6 Å². The summed E-state index contributed by atoms with van der Waals surface area (Å²) in [6.45, 7) is 1.48. The van der Waals surface area contributed by atoms with Crippen LogP contribution in [0, 0.1) is 6.92 Å². The van der Waals surface area contributed by atoms with Crippen molar-refractivity contribution < 1.29 is 17.9 Å². The lowest BCUT2D eigenvalue weighted by molar-refractivity contribution is -0.116. The molecule has 3 aromatic rings. The van der Waals surface area contributed by atoms with Crippen LogP contribution in [0.25, 0.3) is 0 Å². The number of hydrogen-bond donors (Lipinski definition) is 1. The van der Waals surface area contributed by atoms with E-state index in [4.69, 9.17) is 27.9 Å². The summed E-state index contributed by atoms with van der Waals surface area (Å²) in [4.78, 5) is 12.9. The predicted octanol–water partition coefficient (Wildman–Crippen LogP) is 5.18. The third-order valence-corrected chi connectivity index (χ3v) is 7.38. The minimum atomic E-state index is -4.05. The molecule has 0 spiro atoms. The van der Waals surface area contributed by atoms with E-state index in [2.05, 4.69) is 5.32 Å². The molecule has 0 radical (unpaired) electrons. The first kappa shape index (κ1) is 25.1. The average molecular weight is 507 g/mol. The normalized spacial score (nSPS) is 11.4. The van der Waals surface area contributed by atoms with Crippen LogP contribution in [0.5, 0.6) is 5.75 Å². The minimum Gasteiger partial charge on any atom is -0.495 e. The fourth-order valence-electron chi connectivity index (χ4n) is 3.25. The molecular formula is C24H24Cl2N2O4S. The van der Waals surface area contributed by atoms with Crippen LogP contribution in [0.2, 0.25) is 10.0 Å². The van der Waals surface area contributed by atoms with Crippen LogP contribution >= 0.6 is 23.2 Å². The molecule has 0 heterocycles. The van der Waals surface area contributed by atoms with Crippen LogP contribution in [0.3, 0.4) is 0 Å². The number of nitrogens with zero attached hydrogens (tertiary/aromatic N) is 1. The SMILES string of the molecule is COc1ccc(C)cc1S(=O)(=O)N(CCc1ccccc1)CC(=O)Nc1cc(Cl)ccc1Cl. The number of carbonyl (C=O) groups is 1. The van der Waals surface area contributed by atoms with Crippen molar-refractivity contribution in [2.45, 2.75) is 18.2 Å². The number of sulfonamides is 1. The molecule has 0 saturated heterocycles. The molecule has 6 nitrogen and oxygen atoms in total. The number of methoxy groups -OCH3 is 1. The number of halogens is 2. The maximum atomic E-state index is 13.6. The summed E-state index contributed by atoms with van der Waals surface area (Å²) < 4.78 is 33.7. The molecule has 174 valence electrons. The molecule has 0 aliphatic rings. The summed E-state index contributed by atoms with van der Waals surface area (Å²) in [5.74, 6) is -0.328. The zero-order chi connectivity index (χ0) is 24.0. The Bertz CT molecular complexity index is 1230. The smallest absolute Gasteiger partial charge is 0.247 e. The van der Waals surface area contributed by atoms with E-state index >= 15 is 0 Å². The zero-order valence-electron chi connectivity index (χ0n) is 18.2. The van der Waals surface area contributed by atoms with Crippen molar-refractivity contribution in [2.24, 2.45) is 0 Å². The highest BCUT2D eigenvalue weighted by molar-refractivity contribution is 7.89. The number of nitrogens with one attached hydrogen (secondary N) is 1. The van der Waals surface area contributed by atoms with Crippen molar-refractivity contribution in [2.75, 3.05) is 25.5 Å². The molecule has 1 amide bonds. The van der Waals surface area contributed by atoms with E-state index in [1.165, 1.54) is 19.2 Å². The quantitative estimate of drug-likeness (QED) is 0.433. The van der Waals surface area contributed by atoms with Crippen molar-refractivity contribution >= 4 is 44.8 Å². The first-order valence-electron chi connectivity index (χ1n) is 10.1. The summed E-state index contributed by atoms with van der Waals surface area (Å²) in [7, 11) is -2.65. The molecule has 1 N–H and O–H groups in total. The number of amides is 1. The van der Waals surface area contributed by atoms with Crippen LogP contribution in [-0.4, -0.2) is 38.8 Å². The maximum Gasteiger partial charge on any atom is 0.247 e. The van der Waals surface area contributed by atoms with Crippen molar-refractivity contribution in [1.29, 1.82) is 0 Å². The molecule has 3 aromatic carbocycles. The molecule has 0 saturated carbocycles. The number of benzene rings is 3. The Kier molecular flexibility index (Phi) is 8.37. The second kappa shape index (κ2) is 11.0. The molecule has 0 bridgehead atoms. The number of carbonyl (C=O) groups excluding carboxylic acids is 1. The Balaban J connectivity index is 1.91. The number of hydrogen-bond acceptors (Lipinski definition) is 4. The molecule has 3 rings (SSSR count). The van der Waals surface area contributed by atoms with Crippen molar-refractivity contribution in [3.63, 3.8) is 0 Å². The summed E-state index contributed by atoms with van der Waals surface area (Å²) in [6, 6.07) is 19.0. The van der Waals surface area contributed by atoms with E-state index in [-0.39, 0.29) is 17.2 Å². The van der Waals surface area contributed by atoms with E-state index in [0.29, 0.717) is 22.2 Å². The average Bonchev–Trinajstić information content (AvgIpc) is 2.79. The van der Waals surface area contributed by atoms with Gasteiger partial charge >= 0.3 is 0 Å². The lowest BCUT2D eigenvalue weighted by Crippen LogP contribution is -2.39. The molecule has 0 atom stereocenters. The van der Waals surface area contributed by atoms with Crippen LogP contribution in [0.15, 0.2) is 71.6 Å². The molecule has 0 aliphatic carbocycles. The van der Waals surface area contributed by atoms with Gasteiger partial charge in [0.05, 0.1) is 24.4 Å².